The minimum atomic E-state index is -0.476. The summed E-state index contributed by atoms with van der Waals surface area (Å²) in [6.45, 7) is 3.66. The van der Waals surface area contributed by atoms with Crippen molar-refractivity contribution >= 4 is 45.6 Å². The van der Waals surface area contributed by atoms with E-state index in [2.05, 4.69) is 36.1 Å². The maximum Gasteiger partial charge on any atom is 0.229 e. The zero-order chi connectivity index (χ0) is 22.2. The lowest BCUT2D eigenvalue weighted by Gasteiger charge is -2.24. The molecule has 0 spiro atoms. The Hall–Kier alpha value is -3.37. The number of nitrogens with zero attached hydrogens (tertiary/aromatic N) is 4. The Morgan fingerprint density at radius 1 is 1.22 bits per heavy atom. The average molecular weight is 457 g/mol. The summed E-state index contributed by atoms with van der Waals surface area (Å²) >= 11 is 6.20. The number of benzene rings is 1. The molecule has 0 unspecified atom stereocenters. The smallest absolute Gasteiger partial charge is 0.229 e. The second-order valence-corrected chi connectivity index (χ2v) is 8.24. The molecular weight excluding hydrogens is 435 g/mol. The summed E-state index contributed by atoms with van der Waals surface area (Å²) in [5, 5.41) is 28.4. The van der Waals surface area contributed by atoms with E-state index in [1.54, 1.807) is 18.3 Å². The Morgan fingerprint density at radius 2 is 2.03 bits per heavy atom. The molecular formula is C21H22ClFN8O. The van der Waals surface area contributed by atoms with E-state index in [1.807, 2.05) is 11.5 Å². The molecule has 0 bridgehead atoms. The van der Waals surface area contributed by atoms with Gasteiger partial charge in [0.15, 0.2) is 17.5 Å². The first-order valence-corrected chi connectivity index (χ1v) is 10.7. The van der Waals surface area contributed by atoms with E-state index in [0.29, 0.717) is 27.4 Å². The predicted octanol–water partition coefficient (Wildman–Crippen LogP) is 4.37. The largest absolute Gasteiger partial charge is 0.494 e. The molecule has 3 aromatic heterocycles. The first-order valence-electron chi connectivity index (χ1n) is 10.3. The van der Waals surface area contributed by atoms with Crippen LogP contribution in [0.1, 0.15) is 24.6 Å². The summed E-state index contributed by atoms with van der Waals surface area (Å²) in [5.74, 6) is 0.682. The average Bonchev–Trinajstić information content (AvgIpc) is 3.34. The van der Waals surface area contributed by atoms with Gasteiger partial charge in [-0.15, -0.1) is 0 Å². The van der Waals surface area contributed by atoms with E-state index in [0.717, 1.165) is 31.6 Å². The molecule has 1 aliphatic heterocycles. The van der Waals surface area contributed by atoms with Crippen molar-refractivity contribution < 1.29 is 9.50 Å². The molecule has 1 aromatic carbocycles. The van der Waals surface area contributed by atoms with E-state index < -0.39 is 5.82 Å². The van der Waals surface area contributed by atoms with Gasteiger partial charge in [0.05, 0.1) is 11.9 Å². The van der Waals surface area contributed by atoms with Gasteiger partial charge >= 0.3 is 0 Å². The standard InChI is InChI=1S/C21H22ClFN8O/c1-11-6-18(30-29-11)27-19-15(22)9-25-21(28-19)26-17-8-14-12(7-16(17)23)10-31(20(14)32)13-2-4-24-5-3-13/h6-10,13,24,32H,2-5H2,1H3,(H3,25,26,27,28,29,30). The van der Waals surface area contributed by atoms with E-state index in [9.17, 15) is 9.50 Å². The number of halogens is 2. The third-order valence-electron chi connectivity index (χ3n) is 5.55. The minimum absolute atomic E-state index is 0.128. The van der Waals surface area contributed by atoms with Crippen molar-refractivity contribution in [3.05, 3.63) is 47.1 Å². The number of aromatic nitrogens is 5. The van der Waals surface area contributed by atoms with Crippen molar-refractivity contribution in [1.29, 1.82) is 0 Å². The van der Waals surface area contributed by atoms with Gasteiger partial charge in [-0.1, -0.05) is 11.6 Å². The summed E-state index contributed by atoms with van der Waals surface area (Å²) in [6, 6.07) is 4.95. The quantitative estimate of drug-likeness (QED) is 0.303. The molecule has 0 aliphatic carbocycles. The lowest BCUT2D eigenvalue weighted by Crippen LogP contribution is -2.29. The van der Waals surface area contributed by atoms with Crippen molar-refractivity contribution in [1.82, 2.24) is 30.0 Å². The van der Waals surface area contributed by atoms with Crippen LogP contribution in [-0.2, 0) is 0 Å². The lowest BCUT2D eigenvalue weighted by molar-refractivity contribution is 0.326. The molecule has 5 rings (SSSR count). The van der Waals surface area contributed by atoms with E-state index in [1.165, 1.54) is 12.3 Å². The molecule has 4 heterocycles. The van der Waals surface area contributed by atoms with Crippen LogP contribution in [0.5, 0.6) is 5.88 Å². The molecule has 5 N–H and O–H groups in total. The molecule has 0 atom stereocenters. The summed E-state index contributed by atoms with van der Waals surface area (Å²) in [7, 11) is 0. The van der Waals surface area contributed by atoms with Crippen LogP contribution in [0.2, 0.25) is 5.02 Å². The minimum Gasteiger partial charge on any atom is -0.494 e. The van der Waals surface area contributed by atoms with Gasteiger partial charge < -0.3 is 25.6 Å². The predicted molar refractivity (Wildman–Crippen MR) is 122 cm³/mol. The van der Waals surface area contributed by atoms with Crippen LogP contribution in [0.15, 0.2) is 30.6 Å². The third-order valence-corrected chi connectivity index (χ3v) is 5.82. The maximum atomic E-state index is 14.8. The van der Waals surface area contributed by atoms with Gasteiger partial charge in [-0.25, -0.2) is 9.37 Å². The van der Waals surface area contributed by atoms with Crippen molar-refractivity contribution in [3.8, 4) is 5.88 Å². The Labute approximate surface area is 188 Å². The van der Waals surface area contributed by atoms with Crippen LogP contribution in [0, 0.1) is 12.7 Å². The second kappa shape index (κ2) is 8.29. The number of anilines is 4. The molecule has 32 heavy (non-hydrogen) atoms. The molecule has 1 saturated heterocycles. The normalized spacial score (nSPS) is 14.7. The number of aryl methyl sites for hydroxylation is 1. The third kappa shape index (κ3) is 3.94. The Kier molecular flexibility index (Phi) is 5.32. The van der Waals surface area contributed by atoms with E-state index in [-0.39, 0.29) is 23.6 Å². The van der Waals surface area contributed by atoms with Gasteiger partial charge in [0.1, 0.15) is 10.8 Å². The van der Waals surface area contributed by atoms with Gasteiger partial charge in [0.2, 0.25) is 5.95 Å². The highest BCUT2D eigenvalue weighted by Gasteiger charge is 2.21. The topological polar surface area (TPSA) is 116 Å². The van der Waals surface area contributed by atoms with Crippen molar-refractivity contribution in [2.75, 3.05) is 23.7 Å². The number of fused-ring (bicyclic) bond motifs is 1. The number of hydrogen-bond acceptors (Lipinski definition) is 7. The molecule has 166 valence electrons. The van der Waals surface area contributed by atoms with E-state index >= 15 is 0 Å². The Morgan fingerprint density at radius 3 is 2.78 bits per heavy atom. The van der Waals surface area contributed by atoms with Crippen LogP contribution in [0.4, 0.5) is 27.7 Å². The van der Waals surface area contributed by atoms with Crippen LogP contribution in [0.25, 0.3) is 10.8 Å². The fraction of sp³-hybridized carbons (Fsp3) is 0.286. The first kappa shape index (κ1) is 20.5. The molecule has 9 nitrogen and oxygen atoms in total. The lowest BCUT2D eigenvalue weighted by atomic mass is 10.1. The number of nitrogens with one attached hydrogen (secondary N) is 4. The van der Waals surface area contributed by atoms with Crippen molar-refractivity contribution in [2.45, 2.75) is 25.8 Å². The van der Waals surface area contributed by atoms with Gasteiger partial charge in [-0.2, -0.15) is 10.1 Å². The highest BCUT2D eigenvalue weighted by atomic mass is 35.5. The van der Waals surface area contributed by atoms with Crippen molar-refractivity contribution in [3.63, 3.8) is 0 Å². The molecule has 0 radical (unpaired) electrons. The van der Waals surface area contributed by atoms with Crippen molar-refractivity contribution in [2.24, 2.45) is 0 Å². The zero-order valence-corrected chi connectivity index (χ0v) is 18.0. The maximum absolute atomic E-state index is 14.8. The van der Waals surface area contributed by atoms with Crippen LogP contribution in [0.3, 0.4) is 0 Å². The molecule has 1 aliphatic rings. The first-order chi connectivity index (χ1) is 15.5. The molecule has 11 heteroatoms. The number of aromatic amines is 1. The van der Waals surface area contributed by atoms with Crippen LogP contribution < -0.4 is 16.0 Å². The summed E-state index contributed by atoms with van der Waals surface area (Å²) < 4.78 is 16.7. The Bertz CT molecular complexity index is 1280. The van der Waals surface area contributed by atoms with Gasteiger partial charge in [-0.3, -0.25) is 5.10 Å². The van der Waals surface area contributed by atoms with Crippen LogP contribution in [-0.4, -0.2) is 42.9 Å². The van der Waals surface area contributed by atoms with Gasteiger partial charge in [0.25, 0.3) is 0 Å². The zero-order valence-electron chi connectivity index (χ0n) is 17.3. The number of hydrogen-bond donors (Lipinski definition) is 5. The number of rotatable bonds is 5. The molecule has 1 fully saturated rings. The monoisotopic (exact) mass is 456 g/mol. The Balaban J connectivity index is 1.44. The number of aromatic hydroxyl groups is 1. The fourth-order valence-electron chi connectivity index (χ4n) is 3.94. The summed E-state index contributed by atoms with van der Waals surface area (Å²) in [4.78, 5) is 8.47. The van der Waals surface area contributed by atoms with Crippen LogP contribution >= 0.6 is 11.6 Å². The number of piperidine rings is 1. The summed E-state index contributed by atoms with van der Waals surface area (Å²) in [6.07, 6.45) is 5.04. The van der Waals surface area contributed by atoms with Gasteiger partial charge in [0, 0.05) is 34.8 Å². The number of H-pyrrole nitrogens is 1. The van der Waals surface area contributed by atoms with Gasteiger partial charge in [-0.05, 0) is 45.0 Å². The molecule has 4 aromatic rings. The summed E-state index contributed by atoms with van der Waals surface area (Å²) in [5.41, 5.74) is 1.03. The SMILES string of the molecule is Cc1cc(Nc2nc(Nc3cc4c(O)n(C5CCNCC5)cc4cc3F)ncc2Cl)n[nH]1. The highest BCUT2D eigenvalue weighted by Crippen LogP contribution is 2.36. The second-order valence-electron chi connectivity index (χ2n) is 7.84. The fourth-order valence-corrected chi connectivity index (χ4v) is 4.08. The molecule has 0 saturated carbocycles. The molecule has 0 amide bonds. The van der Waals surface area contributed by atoms with E-state index in [4.69, 9.17) is 11.6 Å². The highest BCUT2D eigenvalue weighted by molar-refractivity contribution is 6.32.